The Morgan fingerprint density at radius 3 is 2.23 bits per heavy atom. The molecule has 6 nitrogen and oxygen atoms in total. The average molecular weight is 695 g/mol. The van der Waals surface area contributed by atoms with Gasteiger partial charge in [-0.2, -0.15) is 0 Å². The van der Waals surface area contributed by atoms with Gasteiger partial charge in [-0.05, 0) is 139 Å². The lowest BCUT2D eigenvalue weighted by Crippen LogP contribution is -2.35. The standard InChI is InChI=1S/C47H46N6/c1-4-14-34(5-2)47(49)50-51-53(40-15-8-6-7-9-16-40)41-28-21-35(22-29-41)33(3)31-38-32-37(25-30-44(38)48)36-23-26-39(27-24-36)52-45-19-12-10-17-42(45)43-18-11-13-20-46(43)52/h4-8,12-16,19-32,51H,1-2,9-11,17-18,48H2,3H3,(H2,49,50)/b33-31+,34-14+. The van der Waals surface area contributed by atoms with Crippen molar-refractivity contribution in [3.63, 3.8) is 0 Å². The zero-order valence-corrected chi connectivity index (χ0v) is 30.3. The molecule has 264 valence electrons. The molecule has 3 aliphatic carbocycles. The summed E-state index contributed by atoms with van der Waals surface area (Å²) < 4.78 is 2.44. The van der Waals surface area contributed by atoms with Crippen LogP contribution in [-0.4, -0.2) is 10.4 Å². The van der Waals surface area contributed by atoms with Crippen molar-refractivity contribution >= 4 is 41.0 Å². The lowest BCUT2D eigenvalue weighted by Gasteiger charge is -2.25. The fourth-order valence-electron chi connectivity index (χ4n) is 7.16. The number of hydrazine groups is 1. The van der Waals surface area contributed by atoms with Crippen molar-refractivity contribution in [2.45, 2.75) is 39.0 Å². The number of aromatic nitrogens is 1. The Hall–Kier alpha value is -6.53. The predicted octanol–water partition coefficient (Wildman–Crippen LogP) is 10.5. The summed E-state index contributed by atoms with van der Waals surface area (Å²) >= 11 is 0. The van der Waals surface area contributed by atoms with E-state index in [0.29, 0.717) is 11.4 Å². The van der Waals surface area contributed by atoms with E-state index in [0.717, 1.165) is 77.0 Å². The van der Waals surface area contributed by atoms with E-state index in [9.17, 15) is 0 Å². The van der Waals surface area contributed by atoms with Crippen LogP contribution in [-0.2, 0) is 12.8 Å². The number of anilines is 2. The molecule has 0 saturated carbocycles. The maximum Gasteiger partial charge on any atom is 0.152 e. The summed E-state index contributed by atoms with van der Waals surface area (Å²) in [5.41, 5.74) is 31.6. The van der Waals surface area contributed by atoms with Crippen molar-refractivity contribution < 1.29 is 0 Å². The third-order valence-corrected chi connectivity index (χ3v) is 9.96. The first-order valence-corrected chi connectivity index (χ1v) is 18.2. The lowest BCUT2D eigenvalue weighted by atomic mass is 9.94. The molecule has 4 aromatic rings. The second kappa shape index (κ2) is 15.8. The Morgan fingerprint density at radius 2 is 1.55 bits per heavy atom. The predicted molar refractivity (Wildman–Crippen MR) is 227 cm³/mol. The van der Waals surface area contributed by atoms with E-state index in [1.54, 1.807) is 18.2 Å². The highest BCUT2D eigenvalue weighted by Crippen LogP contribution is 2.36. The van der Waals surface area contributed by atoms with E-state index in [2.05, 4.69) is 138 Å². The molecule has 0 atom stereocenters. The summed E-state index contributed by atoms with van der Waals surface area (Å²) in [5.74, 6) is 0.306. The van der Waals surface area contributed by atoms with Crippen LogP contribution < -0.4 is 22.0 Å². The monoisotopic (exact) mass is 694 g/mol. The van der Waals surface area contributed by atoms with Crippen LogP contribution in [0, 0.1) is 0 Å². The molecule has 3 aromatic carbocycles. The summed E-state index contributed by atoms with van der Waals surface area (Å²) in [6, 6.07) is 23.6. The van der Waals surface area contributed by atoms with Crippen molar-refractivity contribution in [2.24, 2.45) is 10.8 Å². The molecule has 0 bridgehead atoms. The van der Waals surface area contributed by atoms with E-state index in [1.807, 2.05) is 29.3 Å². The number of hydrogen-bond acceptors (Lipinski definition) is 4. The van der Waals surface area contributed by atoms with Crippen LogP contribution in [0.15, 0.2) is 157 Å². The van der Waals surface area contributed by atoms with Crippen LogP contribution in [0.3, 0.4) is 0 Å². The first-order valence-electron chi connectivity index (χ1n) is 18.2. The highest BCUT2D eigenvalue weighted by Gasteiger charge is 2.23. The molecule has 1 aromatic heterocycles. The van der Waals surface area contributed by atoms with Gasteiger partial charge in [0.25, 0.3) is 0 Å². The number of nitrogens with one attached hydrogen (secondary N) is 1. The first kappa shape index (κ1) is 34.9. The largest absolute Gasteiger partial charge is 0.398 e. The van der Waals surface area contributed by atoms with Gasteiger partial charge in [0.1, 0.15) is 0 Å². The van der Waals surface area contributed by atoms with Crippen molar-refractivity contribution in [3.05, 3.63) is 186 Å². The fourth-order valence-corrected chi connectivity index (χ4v) is 7.16. The van der Waals surface area contributed by atoms with Gasteiger partial charge in [0.05, 0.1) is 11.4 Å². The number of nitrogens with two attached hydrogens (primary N) is 2. The van der Waals surface area contributed by atoms with Crippen LogP contribution >= 0.6 is 0 Å². The number of benzene rings is 3. The van der Waals surface area contributed by atoms with E-state index in [-0.39, 0.29) is 0 Å². The first-order chi connectivity index (χ1) is 25.9. The molecule has 0 spiro atoms. The third kappa shape index (κ3) is 7.44. The molecule has 5 N–H and O–H groups in total. The molecule has 0 fully saturated rings. The smallest absolute Gasteiger partial charge is 0.152 e. The molecule has 1 heterocycles. The highest BCUT2D eigenvalue weighted by molar-refractivity contribution is 5.99. The van der Waals surface area contributed by atoms with Crippen LogP contribution in [0.25, 0.3) is 40.6 Å². The van der Waals surface area contributed by atoms with Crippen molar-refractivity contribution in [3.8, 4) is 16.8 Å². The molecule has 0 saturated heterocycles. The van der Waals surface area contributed by atoms with Gasteiger partial charge in [0.2, 0.25) is 0 Å². The van der Waals surface area contributed by atoms with Gasteiger partial charge in [0.15, 0.2) is 5.84 Å². The van der Waals surface area contributed by atoms with E-state index in [4.69, 9.17) is 11.5 Å². The molecule has 0 unspecified atom stereocenters. The molecular weight excluding hydrogens is 649 g/mol. The number of hydrazone groups is 1. The zero-order valence-electron chi connectivity index (χ0n) is 30.3. The van der Waals surface area contributed by atoms with E-state index in [1.165, 1.54) is 28.2 Å². The van der Waals surface area contributed by atoms with Crippen LogP contribution in [0.1, 0.15) is 59.8 Å². The van der Waals surface area contributed by atoms with Crippen molar-refractivity contribution in [2.75, 3.05) is 10.7 Å². The third-order valence-electron chi connectivity index (χ3n) is 9.96. The van der Waals surface area contributed by atoms with Gasteiger partial charge >= 0.3 is 0 Å². The quantitative estimate of drug-likeness (QED) is 0.0364. The molecule has 53 heavy (non-hydrogen) atoms. The Kier molecular flexibility index (Phi) is 10.4. The van der Waals surface area contributed by atoms with Gasteiger partial charge in [-0.1, -0.05) is 98.2 Å². The summed E-state index contributed by atoms with van der Waals surface area (Å²) in [7, 11) is 0. The molecule has 0 amide bonds. The molecule has 7 rings (SSSR count). The summed E-state index contributed by atoms with van der Waals surface area (Å²) in [6.45, 7) is 9.71. The second-order valence-corrected chi connectivity index (χ2v) is 13.4. The Labute approximate surface area is 313 Å². The minimum Gasteiger partial charge on any atom is -0.398 e. The summed E-state index contributed by atoms with van der Waals surface area (Å²) in [4.78, 5) is 0. The number of nitrogen functional groups attached to an aromatic ring is 1. The second-order valence-electron chi connectivity index (χ2n) is 13.4. The Morgan fingerprint density at radius 1 is 0.849 bits per heavy atom. The number of hydrogen-bond donors (Lipinski definition) is 3. The molecule has 0 aliphatic heterocycles. The maximum atomic E-state index is 6.55. The van der Waals surface area contributed by atoms with Gasteiger partial charge < -0.3 is 16.0 Å². The summed E-state index contributed by atoms with van der Waals surface area (Å²) in [6.07, 6.45) is 32.0. The van der Waals surface area contributed by atoms with Gasteiger partial charge in [-0.25, -0.2) is 10.5 Å². The molecule has 6 heteroatoms. The fraction of sp³-hybridized carbons (Fsp3) is 0.128. The molecule has 0 radical (unpaired) electrons. The number of rotatable bonds is 11. The number of allylic oxidation sites excluding steroid dienone is 10. The molecule has 3 aliphatic rings. The Balaban J connectivity index is 1.13. The number of amidine groups is 1. The minimum absolute atomic E-state index is 0.306. The number of fused-ring (bicyclic) bond motifs is 3. The van der Waals surface area contributed by atoms with Crippen LogP contribution in [0.2, 0.25) is 0 Å². The summed E-state index contributed by atoms with van der Waals surface area (Å²) in [5, 5.41) is 6.37. The maximum absolute atomic E-state index is 6.55. The van der Waals surface area contributed by atoms with E-state index < -0.39 is 0 Å². The SMILES string of the molecule is C=C/C=C(C=C)/C(N)=N/NN(C1=CCC=CC=C1)c1ccc(/C(C)=C/c2cc(-c3ccc(-n4c5c(c6c4C=CCC6)CCC=C5)cc3)ccc2N)cc1. The average Bonchev–Trinajstić information content (AvgIpc) is 3.30. The molecular formula is C47H46N6. The normalized spacial score (nSPS) is 15.3. The van der Waals surface area contributed by atoms with Gasteiger partial charge in [-0.15, -0.1) is 5.10 Å². The van der Waals surface area contributed by atoms with Crippen molar-refractivity contribution in [1.82, 2.24) is 10.1 Å². The topological polar surface area (TPSA) is 84.6 Å². The van der Waals surface area contributed by atoms with Crippen LogP contribution in [0.4, 0.5) is 11.4 Å². The zero-order chi connectivity index (χ0) is 36.7. The minimum atomic E-state index is 0.306. The van der Waals surface area contributed by atoms with Gasteiger partial charge in [0, 0.05) is 28.3 Å². The Bertz CT molecular complexity index is 2240. The number of nitrogens with zero attached hydrogens (tertiary/aromatic N) is 3. The van der Waals surface area contributed by atoms with E-state index >= 15 is 0 Å². The lowest BCUT2D eigenvalue weighted by molar-refractivity contribution is 0.732. The highest BCUT2D eigenvalue weighted by atomic mass is 15.7. The van der Waals surface area contributed by atoms with Gasteiger partial charge in [-0.3, -0.25) is 0 Å². The van der Waals surface area contributed by atoms with Crippen molar-refractivity contribution in [1.29, 1.82) is 0 Å². The van der Waals surface area contributed by atoms with Crippen LogP contribution in [0.5, 0.6) is 0 Å².